The van der Waals surface area contributed by atoms with Gasteiger partial charge in [0.15, 0.2) is 5.82 Å². The Bertz CT molecular complexity index is 590. The summed E-state index contributed by atoms with van der Waals surface area (Å²) in [4.78, 5) is 32.2. The normalized spacial score (nSPS) is 23.7. The first-order valence-electron chi connectivity index (χ1n) is 7.95. The molecule has 1 saturated heterocycles. The van der Waals surface area contributed by atoms with Gasteiger partial charge in [0, 0.05) is 6.04 Å². The molecule has 24 heavy (non-hydrogen) atoms. The van der Waals surface area contributed by atoms with E-state index in [1.54, 1.807) is 0 Å². The third-order valence-electron chi connectivity index (χ3n) is 4.09. The zero-order chi connectivity index (χ0) is 16.9. The van der Waals surface area contributed by atoms with Crippen LogP contribution in [0.1, 0.15) is 25.7 Å². The van der Waals surface area contributed by atoms with E-state index >= 15 is 0 Å². The minimum atomic E-state index is -0.504. The molecule has 9 heteroatoms. The molecule has 1 aliphatic carbocycles. The molecule has 2 heterocycles. The first-order chi connectivity index (χ1) is 11.6. The number of nitrogens with one attached hydrogen (secondary N) is 1. The van der Waals surface area contributed by atoms with E-state index in [4.69, 9.17) is 9.47 Å². The summed E-state index contributed by atoms with van der Waals surface area (Å²) in [5.74, 6) is -0.684. The lowest BCUT2D eigenvalue weighted by atomic mass is 9.93. The number of amides is 2. The lowest BCUT2D eigenvalue weighted by Gasteiger charge is -2.29. The number of cyclic esters (lactones) is 1. The van der Waals surface area contributed by atoms with Crippen molar-refractivity contribution in [3.63, 3.8) is 0 Å². The zero-order valence-electron chi connectivity index (χ0n) is 13.1. The zero-order valence-corrected chi connectivity index (χ0v) is 13.1. The van der Waals surface area contributed by atoms with Crippen LogP contribution in [-0.4, -0.2) is 58.7 Å². The number of nitrogens with zero attached hydrogens (tertiary/aromatic N) is 3. The smallest absolute Gasteiger partial charge is 0.410 e. The molecule has 1 aromatic heterocycles. The molecule has 1 N–H and O–H groups in total. The molecule has 0 unspecified atom stereocenters. The van der Waals surface area contributed by atoms with Crippen LogP contribution in [0.4, 0.5) is 9.18 Å². The predicted octanol–water partition coefficient (Wildman–Crippen LogP) is 0.874. The van der Waals surface area contributed by atoms with Crippen LogP contribution in [-0.2, 0) is 9.53 Å². The van der Waals surface area contributed by atoms with E-state index in [-0.39, 0.29) is 30.6 Å². The minimum absolute atomic E-state index is 0.0265. The molecule has 0 atom stereocenters. The number of carbonyl (C=O) groups excluding carboxylic acids is 2. The first-order valence-corrected chi connectivity index (χ1v) is 7.95. The summed E-state index contributed by atoms with van der Waals surface area (Å²) in [5.41, 5.74) is 0. The van der Waals surface area contributed by atoms with E-state index in [0.29, 0.717) is 13.2 Å². The molecule has 0 radical (unpaired) electrons. The van der Waals surface area contributed by atoms with Crippen LogP contribution in [0.5, 0.6) is 6.01 Å². The average Bonchev–Trinajstić information content (AvgIpc) is 2.96. The van der Waals surface area contributed by atoms with Crippen molar-refractivity contribution in [2.75, 3.05) is 19.7 Å². The summed E-state index contributed by atoms with van der Waals surface area (Å²) in [6.45, 7) is 0.809. The topological polar surface area (TPSA) is 93.7 Å². The van der Waals surface area contributed by atoms with Gasteiger partial charge >= 0.3 is 12.1 Å². The van der Waals surface area contributed by atoms with Gasteiger partial charge in [0.2, 0.25) is 5.91 Å². The molecule has 3 rings (SSSR count). The van der Waals surface area contributed by atoms with Crippen molar-refractivity contribution in [3.05, 3.63) is 18.2 Å². The molecule has 8 nitrogen and oxygen atoms in total. The van der Waals surface area contributed by atoms with Crippen LogP contribution >= 0.6 is 0 Å². The largest absolute Gasteiger partial charge is 0.460 e. The Morgan fingerprint density at radius 1 is 1.33 bits per heavy atom. The monoisotopic (exact) mass is 338 g/mol. The maximum absolute atomic E-state index is 12.8. The molecule has 2 fully saturated rings. The van der Waals surface area contributed by atoms with E-state index < -0.39 is 11.9 Å². The highest BCUT2D eigenvalue weighted by Gasteiger charge is 2.27. The Balaban J connectivity index is 1.39. The summed E-state index contributed by atoms with van der Waals surface area (Å²) in [6.07, 6.45) is 4.67. The number of rotatable bonds is 5. The molecule has 2 amide bonds. The average molecular weight is 338 g/mol. The number of aromatic nitrogens is 2. The molecule has 1 saturated carbocycles. The van der Waals surface area contributed by atoms with Gasteiger partial charge in [-0.2, -0.15) is 0 Å². The van der Waals surface area contributed by atoms with Crippen LogP contribution < -0.4 is 10.1 Å². The van der Waals surface area contributed by atoms with Gasteiger partial charge in [0.25, 0.3) is 0 Å². The second kappa shape index (κ2) is 7.41. The van der Waals surface area contributed by atoms with Crippen LogP contribution in [0.3, 0.4) is 0 Å². The highest BCUT2D eigenvalue weighted by Crippen LogP contribution is 2.22. The van der Waals surface area contributed by atoms with E-state index in [1.165, 1.54) is 4.90 Å². The molecule has 1 aromatic rings. The Hall–Kier alpha value is -2.45. The summed E-state index contributed by atoms with van der Waals surface area (Å²) >= 11 is 0. The van der Waals surface area contributed by atoms with E-state index in [9.17, 15) is 14.0 Å². The number of carbonyl (C=O) groups is 2. The molecule has 130 valence electrons. The molecular formula is C15H19FN4O4. The highest BCUT2D eigenvalue weighted by atomic mass is 19.1. The van der Waals surface area contributed by atoms with E-state index in [2.05, 4.69) is 15.3 Å². The third kappa shape index (κ3) is 4.30. The first kappa shape index (κ1) is 16.4. The van der Waals surface area contributed by atoms with Crippen molar-refractivity contribution in [3.8, 4) is 6.01 Å². The van der Waals surface area contributed by atoms with Gasteiger partial charge in [0.1, 0.15) is 19.3 Å². The van der Waals surface area contributed by atoms with E-state index in [1.807, 2.05) is 0 Å². The van der Waals surface area contributed by atoms with Gasteiger partial charge in [-0.15, -0.1) is 0 Å². The minimum Gasteiger partial charge on any atom is -0.460 e. The van der Waals surface area contributed by atoms with Crippen molar-refractivity contribution in [1.82, 2.24) is 20.2 Å². The number of halogens is 1. The SMILES string of the molecule is O=C(CN1CCOC1=O)NC1CCC(Oc2ncc(F)cn2)CC1. The fourth-order valence-electron chi connectivity index (χ4n) is 2.85. The molecule has 1 aliphatic heterocycles. The second-order valence-corrected chi connectivity index (χ2v) is 5.88. The van der Waals surface area contributed by atoms with Gasteiger partial charge in [-0.25, -0.2) is 19.2 Å². The van der Waals surface area contributed by atoms with Gasteiger partial charge < -0.3 is 14.8 Å². The number of hydrogen-bond acceptors (Lipinski definition) is 6. The van der Waals surface area contributed by atoms with Gasteiger partial charge in [-0.1, -0.05) is 0 Å². The molecule has 0 spiro atoms. The molecule has 0 bridgehead atoms. The lowest BCUT2D eigenvalue weighted by molar-refractivity contribution is -0.122. The van der Waals surface area contributed by atoms with Crippen molar-refractivity contribution >= 4 is 12.0 Å². The van der Waals surface area contributed by atoms with Crippen molar-refractivity contribution in [1.29, 1.82) is 0 Å². The van der Waals surface area contributed by atoms with Crippen LogP contribution in [0.15, 0.2) is 12.4 Å². The number of hydrogen-bond donors (Lipinski definition) is 1. The maximum Gasteiger partial charge on any atom is 0.410 e. The highest BCUT2D eigenvalue weighted by molar-refractivity contribution is 5.82. The van der Waals surface area contributed by atoms with E-state index in [0.717, 1.165) is 38.1 Å². The molecular weight excluding hydrogens is 319 g/mol. The van der Waals surface area contributed by atoms with Crippen LogP contribution in [0.2, 0.25) is 0 Å². The van der Waals surface area contributed by atoms with Gasteiger partial charge in [0.05, 0.1) is 18.9 Å². The van der Waals surface area contributed by atoms with Crippen molar-refractivity contribution in [2.24, 2.45) is 0 Å². The summed E-state index contributed by atoms with van der Waals surface area (Å²) in [7, 11) is 0. The quantitative estimate of drug-likeness (QED) is 0.856. The number of ether oxygens (including phenoxy) is 2. The van der Waals surface area contributed by atoms with Crippen molar-refractivity contribution < 1.29 is 23.5 Å². The van der Waals surface area contributed by atoms with Crippen LogP contribution in [0, 0.1) is 5.82 Å². The Morgan fingerprint density at radius 2 is 2.04 bits per heavy atom. The van der Waals surface area contributed by atoms with Gasteiger partial charge in [-0.3, -0.25) is 9.69 Å². The maximum atomic E-state index is 12.8. The summed E-state index contributed by atoms with van der Waals surface area (Å²) in [6, 6.07) is 0.224. The summed E-state index contributed by atoms with van der Waals surface area (Å²) < 4.78 is 23.2. The molecule has 2 aliphatic rings. The predicted molar refractivity (Wildman–Crippen MR) is 79.7 cm³/mol. The second-order valence-electron chi connectivity index (χ2n) is 5.88. The van der Waals surface area contributed by atoms with Gasteiger partial charge in [-0.05, 0) is 25.7 Å². The fourth-order valence-corrected chi connectivity index (χ4v) is 2.85. The Morgan fingerprint density at radius 3 is 2.67 bits per heavy atom. The Labute approximate surface area is 138 Å². The lowest BCUT2D eigenvalue weighted by Crippen LogP contribution is -2.44. The Kier molecular flexibility index (Phi) is 5.07. The fraction of sp³-hybridized carbons (Fsp3) is 0.600. The molecule has 0 aromatic carbocycles. The third-order valence-corrected chi connectivity index (χ3v) is 4.09. The van der Waals surface area contributed by atoms with Crippen LogP contribution in [0.25, 0.3) is 0 Å². The van der Waals surface area contributed by atoms with Crippen molar-refractivity contribution in [2.45, 2.75) is 37.8 Å². The standard InChI is InChI=1S/C15H19FN4O4/c16-10-7-17-14(18-8-10)24-12-3-1-11(2-4-12)19-13(21)9-20-5-6-23-15(20)22/h7-8,11-12H,1-6,9H2,(H,19,21). The summed E-state index contributed by atoms with van der Waals surface area (Å²) in [5, 5.41) is 2.93.